The van der Waals surface area contributed by atoms with E-state index in [1.54, 1.807) is 50.9 Å². The van der Waals surface area contributed by atoms with Crippen molar-refractivity contribution in [2.24, 2.45) is 0 Å². The number of anilines is 2. The van der Waals surface area contributed by atoms with E-state index in [1.807, 2.05) is 0 Å². The Morgan fingerprint density at radius 2 is 2.05 bits per heavy atom. The fourth-order valence-electron chi connectivity index (χ4n) is 2.25. The van der Waals surface area contributed by atoms with Gasteiger partial charge in [-0.3, -0.25) is 9.69 Å². The largest absolute Gasteiger partial charge is 0.444 e. The highest BCUT2D eigenvalue weighted by Crippen LogP contribution is 2.22. The van der Waals surface area contributed by atoms with E-state index in [9.17, 15) is 9.59 Å². The van der Waals surface area contributed by atoms with Gasteiger partial charge in [0.05, 0.1) is 11.9 Å². The van der Waals surface area contributed by atoms with E-state index >= 15 is 0 Å². The number of nitrogens with zero attached hydrogens (tertiary/aromatic N) is 3. The molecule has 22 heavy (non-hydrogen) atoms. The van der Waals surface area contributed by atoms with Crippen LogP contribution in [0.2, 0.25) is 0 Å². The van der Waals surface area contributed by atoms with Crippen molar-refractivity contribution in [2.45, 2.75) is 39.3 Å². The summed E-state index contributed by atoms with van der Waals surface area (Å²) in [5.74, 6) is 0.236. The van der Waals surface area contributed by atoms with Crippen LogP contribution in [0.25, 0.3) is 0 Å². The lowest BCUT2D eigenvalue weighted by molar-refractivity contribution is -0.125. The van der Waals surface area contributed by atoms with Gasteiger partial charge in [0.15, 0.2) is 0 Å². The van der Waals surface area contributed by atoms with Gasteiger partial charge in [-0.25, -0.2) is 9.78 Å². The number of carbonyl (C=O) groups is 2. The number of nitrogens with two attached hydrogens (primary N) is 1. The summed E-state index contributed by atoms with van der Waals surface area (Å²) in [5, 5.41) is 0. The lowest BCUT2D eigenvalue weighted by atomic mass is 10.1. The molecule has 7 nitrogen and oxygen atoms in total. The number of rotatable bonds is 1. The summed E-state index contributed by atoms with van der Waals surface area (Å²) in [6, 6.07) is 2.81. The lowest BCUT2D eigenvalue weighted by Crippen LogP contribution is -2.58. The Hall–Kier alpha value is -2.31. The Labute approximate surface area is 130 Å². The van der Waals surface area contributed by atoms with Crippen molar-refractivity contribution in [3.63, 3.8) is 0 Å². The van der Waals surface area contributed by atoms with Crippen molar-refractivity contribution in [2.75, 3.05) is 23.7 Å². The fourth-order valence-corrected chi connectivity index (χ4v) is 2.25. The van der Waals surface area contributed by atoms with Gasteiger partial charge in [-0.2, -0.15) is 0 Å². The highest BCUT2D eigenvalue weighted by molar-refractivity contribution is 5.99. The maximum atomic E-state index is 12.5. The molecule has 1 fully saturated rings. The molecule has 0 saturated carbocycles. The van der Waals surface area contributed by atoms with Crippen LogP contribution in [0, 0.1) is 0 Å². The lowest BCUT2D eigenvalue weighted by Gasteiger charge is -2.39. The Kier molecular flexibility index (Phi) is 4.25. The maximum absolute atomic E-state index is 12.5. The molecule has 2 rings (SSSR count). The van der Waals surface area contributed by atoms with Crippen LogP contribution in [0.1, 0.15) is 27.7 Å². The Bertz CT molecular complexity index is 565. The average molecular weight is 306 g/mol. The molecule has 1 aliphatic heterocycles. The summed E-state index contributed by atoms with van der Waals surface area (Å²) in [4.78, 5) is 31.7. The minimum absolute atomic E-state index is 0.163. The van der Waals surface area contributed by atoms with E-state index in [-0.39, 0.29) is 5.91 Å². The highest BCUT2D eigenvalue weighted by atomic mass is 16.6. The smallest absolute Gasteiger partial charge is 0.411 e. The molecule has 0 bridgehead atoms. The van der Waals surface area contributed by atoms with Gasteiger partial charge in [0.2, 0.25) is 5.91 Å². The standard InChI is InChI=1S/C15H22N4O3/c1-10-13(20)19(11-5-6-12(16)17-9-11)8-7-18(10)14(21)22-15(2,3)4/h5-6,9-10H,7-8H2,1-4H3,(H2,16,17)/t10-/m1/s1. The first-order valence-corrected chi connectivity index (χ1v) is 7.21. The molecular formula is C15H22N4O3. The normalized spacial score (nSPS) is 19.3. The van der Waals surface area contributed by atoms with Gasteiger partial charge >= 0.3 is 6.09 Å². The van der Waals surface area contributed by atoms with Crippen molar-refractivity contribution in [1.29, 1.82) is 0 Å². The molecule has 0 aromatic carbocycles. The first kappa shape index (κ1) is 16.1. The van der Waals surface area contributed by atoms with E-state index in [0.717, 1.165) is 0 Å². The predicted octanol–water partition coefficient (Wildman–Crippen LogP) is 1.64. The van der Waals surface area contributed by atoms with Crippen LogP contribution in [0.15, 0.2) is 18.3 Å². The van der Waals surface area contributed by atoms with E-state index in [4.69, 9.17) is 10.5 Å². The van der Waals surface area contributed by atoms with Crippen molar-refractivity contribution < 1.29 is 14.3 Å². The monoisotopic (exact) mass is 306 g/mol. The first-order valence-electron chi connectivity index (χ1n) is 7.21. The number of ether oxygens (including phenoxy) is 1. The highest BCUT2D eigenvalue weighted by Gasteiger charge is 2.37. The number of hydrogen-bond donors (Lipinski definition) is 1. The van der Waals surface area contributed by atoms with Gasteiger partial charge in [0.1, 0.15) is 17.5 Å². The summed E-state index contributed by atoms with van der Waals surface area (Å²) >= 11 is 0. The molecule has 120 valence electrons. The van der Waals surface area contributed by atoms with Gasteiger partial charge in [-0.1, -0.05) is 0 Å². The summed E-state index contributed by atoms with van der Waals surface area (Å²) in [7, 11) is 0. The van der Waals surface area contributed by atoms with Crippen LogP contribution in [-0.2, 0) is 9.53 Å². The van der Waals surface area contributed by atoms with Crippen LogP contribution in [-0.4, -0.2) is 46.6 Å². The van der Waals surface area contributed by atoms with E-state index in [1.165, 1.54) is 4.90 Å². The third-order valence-corrected chi connectivity index (χ3v) is 3.37. The van der Waals surface area contributed by atoms with Crippen LogP contribution in [0.4, 0.5) is 16.3 Å². The van der Waals surface area contributed by atoms with Gasteiger partial charge < -0.3 is 15.4 Å². The fraction of sp³-hybridized carbons (Fsp3) is 0.533. The second kappa shape index (κ2) is 5.82. The zero-order chi connectivity index (χ0) is 16.5. The third kappa shape index (κ3) is 3.47. The molecule has 1 aliphatic rings. The van der Waals surface area contributed by atoms with Crippen LogP contribution in [0.5, 0.6) is 0 Å². The molecule has 1 atom stereocenters. The van der Waals surface area contributed by atoms with Gasteiger partial charge in [-0.05, 0) is 39.8 Å². The molecule has 1 aromatic heterocycles. The zero-order valence-corrected chi connectivity index (χ0v) is 13.4. The van der Waals surface area contributed by atoms with E-state index < -0.39 is 17.7 Å². The van der Waals surface area contributed by atoms with Crippen molar-refractivity contribution >= 4 is 23.5 Å². The molecule has 0 radical (unpaired) electrons. The summed E-state index contributed by atoms with van der Waals surface area (Å²) in [6.45, 7) is 7.90. The number of carbonyl (C=O) groups excluding carboxylic acids is 2. The number of piperazine rings is 1. The van der Waals surface area contributed by atoms with Crippen LogP contribution in [0.3, 0.4) is 0 Å². The number of amides is 2. The molecule has 2 heterocycles. The second-order valence-corrected chi connectivity index (χ2v) is 6.28. The predicted molar refractivity (Wildman–Crippen MR) is 83.4 cm³/mol. The minimum Gasteiger partial charge on any atom is -0.444 e. The second-order valence-electron chi connectivity index (χ2n) is 6.28. The van der Waals surface area contributed by atoms with Crippen molar-refractivity contribution in [1.82, 2.24) is 9.88 Å². The number of nitrogen functional groups attached to an aromatic ring is 1. The van der Waals surface area contributed by atoms with Crippen molar-refractivity contribution in [3.05, 3.63) is 18.3 Å². The quantitative estimate of drug-likeness (QED) is 0.852. The summed E-state index contributed by atoms with van der Waals surface area (Å²) in [5.41, 5.74) is 5.65. The zero-order valence-electron chi connectivity index (χ0n) is 13.4. The molecule has 0 aliphatic carbocycles. The van der Waals surface area contributed by atoms with Gasteiger partial charge in [0.25, 0.3) is 0 Å². The molecule has 1 aromatic rings. The van der Waals surface area contributed by atoms with E-state index in [0.29, 0.717) is 24.6 Å². The molecule has 1 saturated heterocycles. The number of hydrogen-bond acceptors (Lipinski definition) is 5. The Balaban J connectivity index is 2.11. The molecule has 2 N–H and O–H groups in total. The molecule has 2 amide bonds. The SMILES string of the molecule is C[C@@H]1C(=O)N(c2ccc(N)nc2)CCN1C(=O)OC(C)(C)C. The molecule has 0 spiro atoms. The molecular weight excluding hydrogens is 284 g/mol. The maximum Gasteiger partial charge on any atom is 0.411 e. The summed E-state index contributed by atoms with van der Waals surface area (Å²) in [6.07, 6.45) is 1.09. The molecule has 0 unspecified atom stereocenters. The summed E-state index contributed by atoms with van der Waals surface area (Å²) < 4.78 is 5.34. The Morgan fingerprint density at radius 3 is 2.59 bits per heavy atom. The first-order chi connectivity index (χ1) is 10.2. The number of aromatic nitrogens is 1. The average Bonchev–Trinajstić information content (AvgIpc) is 2.41. The molecule has 7 heteroatoms. The van der Waals surface area contributed by atoms with Gasteiger partial charge in [0, 0.05) is 13.1 Å². The topological polar surface area (TPSA) is 88.8 Å². The van der Waals surface area contributed by atoms with Crippen molar-refractivity contribution in [3.8, 4) is 0 Å². The Morgan fingerprint density at radius 1 is 1.36 bits per heavy atom. The van der Waals surface area contributed by atoms with Gasteiger partial charge in [-0.15, -0.1) is 0 Å². The van der Waals surface area contributed by atoms with Crippen LogP contribution < -0.4 is 10.6 Å². The van der Waals surface area contributed by atoms with E-state index in [2.05, 4.69) is 4.98 Å². The van der Waals surface area contributed by atoms with Crippen LogP contribution >= 0.6 is 0 Å². The number of pyridine rings is 1. The third-order valence-electron chi connectivity index (χ3n) is 3.37. The minimum atomic E-state index is -0.585.